The zero-order valence-electron chi connectivity index (χ0n) is 20.4. The number of imidazole rings is 1. The normalized spacial score (nSPS) is 15.7. The van der Waals surface area contributed by atoms with Crippen LogP contribution in [0, 0.1) is 13.0 Å². The number of fused-ring (bicyclic) bond motifs is 2. The van der Waals surface area contributed by atoms with Crippen molar-refractivity contribution < 1.29 is 23.1 Å². The maximum absolute atomic E-state index is 14.2. The van der Waals surface area contributed by atoms with E-state index in [2.05, 4.69) is 19.9 Å². The van der Waals surface area contributed by atoms with Crippen LogP contribution in [0.15, 0.2) is 22.7 Å². The minimum absolute atomic E-state index is 0.0154. The summed E-state index contributed by atoms with van der Waals surface area (Å²) >= 11 is 0. The number of likely N-dealkylation sites (tertiary alicyclic amines) is 1. The first kappa shape index (κ1) is 23.3. The molecule has 0 saturated carbocycles. The van der Waals surface area contributed by atoms with Gasteiger partial charge < -0.3 is 24.2 Å². The van der Waals surface area contributed by atoms with Gasteiger partial charge in [-0.3, -0.25) is 9.69 Å². The molecule has 4 aromatic rings. The van der Waals surface area contributed by atoms with Crippen molar-refractivity contribution in [2.75, 3.05) is 38.6 Å². The lowest BCUT2D eigenvalue weighted by Gasteiger charge is -2.20. The fraction of sp³-hybridized carbons (Fsp3) is 0.400. The predicted molar refractivity (Wildman–Crippen MR) is 131 cm³/mol. The van der Waals surface area contributed by atoms with Crippen LogP contribution in [0.4, 0.5) is 10.2 Å². The molecule has 0 radical (unpaired) electrons. The van der Waals surface area contributed by atoms with Crippen LogP contribution in [0.3, 0.4) is 0 Å². The minimum Gasteiger partial charge on any atom is -0.486 e. The van der Waals surface area contributed by atoms with E-state index in [1.807, 2.05) is 23.6 Å². The van der Waals surface area contributed by atoms with Crippen LogP contribution >= 0.6 is 0 Å². The Bertz CT molecular complexity index is 1500. The smallest absolute Gasteiger partial charge is 0.312 e. The zero-order chi connectivity index (χ0) is 25.5. The first-order valence-corrected chi connectivity index (χ1v) is 12.2. The van der Waals surface area contributed by atoms with Crippen molar-refractivity contribution in [1.29, 1.82) is 0 Å². The van der Waals surface area contributed by atoms with E-state index in [4.69, 9.17) is 24.6 Å². The number of oxazole rings is 1. The lowest BCUT2D eigenvalue weighted by Crippen LogP contribution is -2.23. The fourth-order valence-electron chi connectivity index (χ4n) is 4.87. The van der Waals surface area contributed by atoms with E-state index < -0.39 is 6.08 Å². The van der Waals surface area contributed by atoms with Gasteiger partial charge in [0.25, 0.3) is 0 Å². The number of ether oxygens (including phenoxy) is 2. The molecule has 12 heteroatoms. The Kier molecular flexibility index (Phi) is 5.95. The number of carbonyl (C=O) groups excluding carboxylic acids is 1. The van der Waals surface area contributed by atoms with Crippen molar-refractivity contribution in [2.45, 2.75) is 32.7 Å². The third kappa shape index (κ3) is 4.59. The molecule has 0 aliphatic carbocycles. The van der Waals surface area contributed by atoms with Crippen molar-refractivity contribution in [2.24, 2.45) is 0 Å². The number of aryl methyl sites for hydroxylation is 2. The number of nitrogen functional groups attached to an aromatic ring is 1. The molecule has 0 unspecified atom stereocenters. The number of anilines is 1. The molecule has 6 rings (SSSR count). The van der Waals surface area contributed by atoms with Gasteiger partial charge in [0, 0.05) is 38.0 Å². The van der Waals surface area contributed by atoms with E-state index in [1.165, 1.54) is 0 Å². The monoisotopic (exact) mass is 507 g/mol. The second kappa shape index (κ2) is 9.43. The van der Waals surface area contributed by atoms with Crippen LogP contribution < -0.4 is 15.2 Å². The molecular weight excluding hydrogens is 481 g/mol. The van der Waals surface area contributed by atoms with Crippen LogP contribution in [0.1, 0.15) is 30.0 Å². The van der Waals surface area contributed by atoms with E-state index in [1.54, 1.807) is 6.20 Å². The van der Waals surface area contributed by atoms with E-state index >= 15 is 0 Å². The van der Waals surface area contributed by atoms with Gasteiger partial charge in [-0.25, -0.2) is 9.97 Å². The van der Waals surface area contributed by atoms with Gasteiger partial charge in [-0.05, 0) is 31.0 Å². The van der Waals surface area contributed by atoms with Gasteiger partial charge in [-0.15, -0.1) is 0 Å². The van der Waals surface area contributed by atoms with Crippen molar-refractivity contribution in [3.05, 3.63) is 41.6 Å². The minimum atomic E-state index is -0.905. The maximum Gasteiger partial charge on any atom is 0.312 e. The number of nitrogens with zero attached hydrogens (tertiary/aromatic N) is 6. The van der Waals surface area contributed by atoms with Gasteiger partial charge in [-0.1, -0.05) is 0 Å². The SMILES string of the molecule is Cc1cnc(-c2cc3c(cc2Cc2nc4c(N)nc(F)nc4n2CCCN2CCC(=O)C2)OCCO3)o1. The second-order valence-electron chi connectivity index (χ2n) is 9.25. The Morgan fingerprint density at radius 3 is 2.65 bits per heavy atom. The molecule has 0 spiro atoms. The molecule has 192 valence electrons. The number of aromatic nitrogens is 5. The van der Waals surface area contributed by atoms with Crippen molar-refractivity contribution in [3.63, 3.8) is 0 Å². The first-order chi connectivity index (χ1) is 17.9. The van der Waals surface area contributed by atoms with Crippen molar-refractivity contribution in [3.8, 4) is 23.0 Å². The topological polar surface area (TPSA) is 134 Å². The largest absolute Gasteiger partial charge is 0.486 e. The molecule has 2 N–H and O–H groups in total. The zero-order valence-corrected chi connectivity index (χ0v) is 20.4. The Morgan fingerprint density at radius 1 is 1.11 bits per heavy atom. The number of ketones is 1. The number of hydrogen-bond acceptors (Lipinski definition) is 10. The molecular formula is C25H26FN7O4. The summed E-state index contributed by atoms with van der Waals surface area (Å²) in [4.78, 5) is 30.6. The van der Waals surface area contributed by atoms with Crippen LogP contribution in [0.5, 0.6) is 11.5 Å². The molecule has 3 aromatic heterocycles. The maximum atomic E-state index is 14.2. The number of carbonyl (C=O) groups is 1. The molecule has 2 aliphatic rings. The molecule has 0 atom stereocenters. The third-order valence-corrected chi connectivity index (χ3v) is 6.60. The Hall–Kier alpha value is -4.06. The van der Waals surface area contributed by atoms with E-state index in [-0.39, 0.29) is 11.6 Å². The molecule has 1 aromatic carbocycles. The number of benzene rings is 1. The highest BCUT2D eigenvalue weighted by atomic mass is 19.1. The Morgan fingerprint density at radius 2 is 1.92 bits per heavy atom. The average Bonchev–Trinajstić information content (AvgIpc) is 3.58. The van der Waals surface area contributed by atoms with Crippen LogP contribution in [0.2, 0.25) is 0 Å². The number of Topliss-reactive ketones (excluding diaryl/α,β-unsaturated/α-hetero) is 1. The van der Waals surface area contributed by atoms with Gasteiger partial charge in [-0.2, -0.15) is 14.4 Å². The highest BCUT2D eigenvalue weighted by molar-refractivity contribution is 5.83. The van der Waals surface area contributed by atoms with Crippen molar-refractivity contribution in [1.82, 2.24) is 29.4 Å². The molecule has 0 bridgehead atoms. The van der Waals surface area contributed by atoms with Gasteiger partial charge in [0.2, 0.25) is 5.89 Å². The number of nitrogens with two attached hydrogens (primary N) is 1. The van der Waals surface area contributed by atoms with Crippen LogP contribution in [0.25, 0.3) is 22.6 Å². The summed E-state index contributed by atoms with van der Waals surface area (Å²) in [7, 11) is 0. The Balaban J connectivity index is 1.39. The highest BCUT2D eigenvalue weighted by Gasteiger charge is 2.24. The molecule has 11 nitrogen and oxygen atoms in total. The molecule has 1 saturated heterocycles. The second-order valence-corrected chi connectivity index (χ2v) is 9.25. The summed E-state index contributed by atoms with van der Waals surface area (Å²) in [6.45, 7) is 5.22. The third-order valence-electron chi connectivity index (χ3n) is 6.60. The predicted octanol–water partition coefficient (Wildman–Crippen LogP) is 2.54. The average molecular weight is 508 g/mol. The van der Waals surface area contributed by atoms with Crippen LogP contribution in [-0.4, -0.2) is 68.0 Å². The van der Waals surface area contributed by atoms with Gasteiger partial charge in [0.05, 0.1) is 12.7 Å². The summed E-state index contributed by atoms with van der Waals surface area (Å²) in [5, 5.41) is 0. The number of rotatable bonds is 7. The van der Waals surface area contributed by atoms with E-state index in [9.17, 15) is 9.18 Å². The number of hydrogen-bond donors (Lipinski definition) is 1. The van der Waals surface area contributed by atoms with Crippen molar-refractivity contribution >= 4 is 22.8 Å². The quantitative estimate of drug-likeness (QED) is 0.372. The first-order valence-electron chi connectivity index (χ1n) is 12.2. The molecule has 1 fully saturated rings. The van der Waals surface area contributed by atoms with E-state index in [0.29, 0.717) is 79.3 Å². The molecule has 0 amide bonds. The number of halogens is 1. The van der Waals surface area contributed by atoms with Gasteiger partial charge in [0.15, 0.2) is 28.5 Å². The van der Waals surface area contributed by atoms with Gasteiger partial charge in [0.1, 0.15) is 30.6 Å². The summed E-state index contributed by atoms with van der Waals surface area (Å²) in [6.07, 6.45) is 2.42. The lowest BCUT2D eigenvalue weighted by atomic mass is 10.0. The fourth-order valence-corrected chi connectivity index (χ4v) is 4.87. The summed E-state index contributed by atoms with van der Waals surface area (Å²) < 4.78 is 33.5. The summed E-state index contributed by atoms with van der Waals surface area (Å²) in [5.41, 5.74) is 8.29. The lowest BCUT2D eigenvalue weighted by molar-refractivity contribution is -0.116. The molecule has 2 aliphatic heterocycles. The Labute approximate surface area is 211 Å². The molecule has 37 heavy (non-hydrogen) atoms. The van der Waals surface area contributed by atoms with E-state index in [0.717, 1.165) is 30.6 Å². The highest BCUT2D eigenvalue weighted by Crippen LogP contribution is 2.38. The summed E-state index contributed by atoms with van der Waals surface area (Å²) in [6, 6.07) is 3.76. The van der Waals surface area contributed by atoms with Crippen LogP contribution in [-0.2, 0) is 17.8 Å². The summed E-state index contributed by atoms with van der Waals surface area (Å²) in [5.74, 6) is 3.26. The standard InChI is InChI=1S/C25H26FN7O4/c1-14-12-28-24(37-14)17-11-19-18(35-7-8-36-19)9-15(17)10-20-29-21-22(27)30-25(26)31-23(21)33(20)5-2-4-32-6-3-16(34)13-32/h9,11-12H,2-8,10,13H2,1H3,(H2,27,30,31). The molecule has 5 heterocycles. The van der Waals surface area contributed by atoms with Gasteiger partial charge >= 0.3 is 6.08 Å².